The van der Waals surface area contributed by atoms with Crippen molar-refractivity contribution in [3.05, 3.63) is 35.4 Å². The van der Waals surface area contributed by atoms with Crippen molar-refractivity contribution in [3.63, 3.8) is 0 Å². The lowest BCUT2D eigenvalue weighted by Gasteiger charge is -2.13. The summed E-state index contributed by atoms with van der Waals surface area (Å²) in [4.78, 5) is 2.04. The van der Waals surface area contributed by atoms with E-state index in [2.05, 4.69) is 5.92 Å². The van der Waals surface area contributed by atoms with Crippen LogP contribution >= 0.6 is 0 Å². The van der Waals surface area contributed by atoms with Gasteiger partial charge >= 0.3 is 0 Å². The van der Waals surface area contributed by atoms with Gasteiger partial charge in [0.1, 0.15) is 0 Å². The quantitative estimate of drug-likeness (QED) is 0.781. The third kappa shape index (κ3) is 2.65. The lowest BCUT2D eigenvalue weighted by Crippen LogP contribution is -2.08. The standard InChI is InChI=1S/C14H17NO/c1-5-12(10-16)11(2)13-6-8-14(9-7-13)15(3)4/h1,6-9,16H,10H2,2-4H3. The van der Waals surface area contributed by atoms with E-state index in [0.29, 0.717) is 5.57 Å². The molecule has 0 atom stereocenters. The third-order valence-corrected chi connectivity index (χ3v) is 2.60. The Kier molecular flexibility index (Phi) is 4.16. The van der Waals surface area contributed by atoms with Crippen molar-refractivity contribution in [2.24, 2.45) is 0 Å². The first-order chi connectivity index (χ1) is 7.60. The van der Waals surface area contributed by atoms with Crippen LogP contribution in [0.1, 0.15) is 12.5 Å². The van der Waals surface area contributed by atoms with Crippen LogP contribution in [-0.4, -0.2) is 25.8 Å². The smallest absolute Gasteiger partial charge is 0.0763 e. The fourth-order valence-electron chi connectivity index (χ4n) is 1.46. The summed E-state index contributed by atoms with van der Waals surface area (Å²) < 4.78 is 0. The van der Waals surface area contributed by atoms with E-state index in [4.69, 9.17) is 11.5 Å². The molecule has 0 amide bonds. The predicted molar refractivity (Wildman–Crippen MR) is 69.3 cm³/mol. The summed E-state index contributed by atoms with van der Waals surface area (Å²) in [5.74, 6) is 2.51. The average Bonchev–Trinajstić information content (AvgIpc) is 2.30. The van der Waals surface area contributed by atoms with Gasteiger partial charge in [-0.2, -0.15) is 0 Å². The predicted octanol–water partition coefficient (Wildman–Crippen LogP) is 2.15. The molecule has 0 unspecified atom stereocenters. The van der Waals surface area contributed by atoms with Crippen LogP contribution < -0.4 is 4.90 Å². The fraction of sp³-hybridized carbons (Fsp3) is 0.286. The number of rotatable bonds is 3. The maximum atomic E-state index is 9.09. The van der Waals surface area contributed by atoms with Crippen LogP contribution in [-0.2, 0) is 0 Å². The molecule has 84 valence electrons. The summed E-state index contributed by atoms with van der Waals surface area (Å²) in [6.45, 7) is 1.84. The van der Waals surface area contributed by atoms with E-state index in [1.807, 2.05) is 50.2 Å². The lowest BCUT2D eigenvalue weighted by atomic mass is 10.0. The molecule has 0 heterocycles. The number of terminal acetylenes is 1. The number of anilines is 1. The molecule has 0 bridgehead atoms. The molecule has 0 saturated heterocycles. The lowest BCUT2D eigenvalue weighted by molar-refractivity contribution is 0.336. The molecular weight excluding hydrogens is 198 g/mol. The second-order valence-electron chi connectivity index (χ2n) is 3.85. The summed E-state index contributed by atoms with van der Waals surface area (Å²) in [7, 11) is 4.00. The van der Waals surface area contributed by atoms with E-state index in [1.54, 1.807) is 0 Å². The summed E-state index contributed by atoms with van der Waals surface area (Å²) in [6, 6.07) is 8.09. The first-order valence-corrected chi connectivity index (χ1v) is 5.15. The molecule has 0 aromatic heterocycles. The Bertz CT molecular complexity index is 421. The number of aliphatic hydroxyl groups excluding tert-OH is 1. The molecule has 2 heteroatoms. The number of benzene rings is 1. The monoisotopic (exact) mass is 215 g/mol. The van der Waals surface area contributed by atoms with Gasteiger partial charge in [0.05, 0.1) is 6.61 Å². The van der Waals surface area contributed by atoms with Crippen molar-refractivity contribution >= 4 is 11.3 Å². The van der Waals surface area contributed by atoms with Gasteiger partial charge in [-0.1, -0.05) is 18.1 Å². The third-order valence-electron chi connectivity index (χ3n) is 2.60. The summed E-state index contributed by atoms with van der Waals surface area (Å²) in [6.07, 6.45) is 5.32. The second-order valence-corrected chi connectivity index (χ2v) is 3.85. The Morgan fingerprint density at radius 1 is 1.31 bits per heavy atom. The molecule has 1 aromatic rings. The summed E-state index contributed by atoms with van der Waals surface area (Å²) in [5.41, 5.74) is 3.78. The van der Waals surface area contributed by atoms with Crippen molar-refractivity contribution in [3.8, 4) is 12.3 Å². The van der Waals surface area contributed by atoms with Gasteiger partial charge in [-0.25, -0.2) is 0 Å². The van der Waals surface area contributed by atoms with Crippen LogP contribution in [0.3, 0.4) is 0 Å². The van der Waals surface area contributed by atoms with Crippen LogP contribution in [0.2, 0.25) is 0 Å². The molecule has 0 radical (unpaired) electrons. The highest BCUT2D eigenvalue weighted by Crippen LogP contribution is 2.20. The van der Waals surface area contributed by atoms with Crippen molar-refractivity contribution < 1.29 is 5.11 Å². The molecule has 1 N–H and O–H groups in total. The van der Waals surface area contributed by atoms with E-state index in [9.17, 15) is 0 Å². The van der Waals surface area contributed by atoms with E-state index in [1.165, 1.54) is 0 Å². The fourth-order valence-corrected chi connectivity index (χ4v) is 1.46. The van der Waals surface area contributed by atoms with E-state index in [0.717, 1.165) is 16.8 Å². The van der Waals surface area contributed by atoms with Crippen LogP contribution in [0.4, 0.5) is 5.69 Å². The Morgan fingerprint density at radius 3 is 2.25 bits per heavy atom. The molecule has 16 heavy (non-hydrogen) atoms. The van der Waals surface area contributed by atoms with Gasteiger partial charge in [-0.05, 0) is 30.2 Å². The van der Waals surface area contributed by atoms with Crippen LogP contribution in [0.15, 0.2) is 29.8 Å². The highest BCUT2D eigenvalue weighted by Gasteiger charge is 2.02. The van der Waals surface area contributed by atoms with Crippen molar-refractivity contribution in [1.29, 1.82) is 0 Å². The van der Waals surface area contributed by atoms with Crippen LogP contribution in [0.25, 0.3) is 5.57 Å². The van der Waals surface area contributed by atoms with Crippen molar-refractivity contribution in [1.82, 2.24) is 0 Å². The highest BCUT2D eigenvalue weighted by atomic mass is 16.3. The minimum absolute atomic E-state index is 0.0856. The molecule has 2 nitrogen and oxygen atoms in total. The number of hydrogen-bond donors (Lipinski definition) is 1. The number of hydrogen-bond acceptors (Lipinski definition) is 2. The molecular formula is C14H17NO. The van der Waals surface area contributed by atoms with Crippen LogP contribution in [0.5, 0.6) is 0 Å². The molecule has 0 saturated carbocycles. The minimum Gasteiger partial charge on any atom is -0.391 e. The van der Waals surface area contributed by atoms with Crippen molar-refractivity contribution in [2.45, 2.75) is 6.92 Å². The molecule has 0 aliphatic carbocycles. The Hall–Kier alpha value is -1.72. The van der Waals surface area contributed by atoms with Gasteiger partial charge < -0.3 is 10.0 Å². The minimum atomic E-state index is -0.0856. The molecule has 1 rings (SSSR count). The zero-order valence-electron chi connectivity index (χ0n) is 9.99. The Morgan fingerprint density at radius 2 is 1.88 bits per heavy atom. The topological polar surface area (TPSA) is 23.5 Å². The molecule has 1 aromatic carbocycles. The van der Waals surface area contributed by atoms with E-state index in [-0.39, 0.29) is 6.61 Å². The molecule has 0 aliphatic heterocycles. The summed E-state index contributed by atoms with van der Waals surface area (Å²) in [5, 5.41) is 9.09. The number of allylic oxidation sites excluding steroid dienone is 1. The molecule has 0 spiro atoms. The van der Waals surface area contributed by atoms with Gasteiger partial charge in [0.2, 0.25) is 0 Å². The Labute approximate surface area is 97.2 Å². The number of nitrogens with zero attached hydrogens (tertiary/aromatic N) is 1. The molecule has 0 fully saturated rings. The van der Waals surface area contributed by atoms with E-state index < -0.39 is 0 Å². The van der Waals surface area contributed by atoms with Gasteiger partial charge in [-0.15, -0.1) is 6.42 Å². The number of aliphatic hydroxyl groups is 1. The van der Waals surface area contributed by atoms with E-state index >= 15 is 0 Å². The maximum absolute atomic E-state index is 9.09. The first kappa shape index (κ1) is 12.4. The Balaban J connectivity index is 3.08. The average molecular weight is 215 g/mol. The van der Waals surface area contributed by atoms with Crippen LogP contribution in [0, 0.1) is 12.3 Å². The van der Waals surface area contributed by atoms with Gasteiger partial charge in [0.25, 0.3) is 0 Å². The summed E-state index contributed by atoms with van der Waals surface area (Å²) >= 11 is 0. The van der Waals surface area contributed by atoms with Gasteiger partial charge in [0.15, 0.2) is 0 Å². The maximum Gasteiger partial charge on any atom is 0.0763 e. The SMILES string of the molecule is C#CC(CO)=C(C)c1ccc(N(C)C)cc1. The first-order valence-electron chi connectivity index (χ1n) is 5.15. The molecule has 0 aliphatic rings. The van der Waals surface area contributed by atoms with Gasteiger partial charge in [0, 0.05) is 25.4 Å². The largest absolute Gasteiger partial charge is 0.391 e. The zero-order valence-corrected chi connectivity index (χ0v) is 9.99. The second kappa shape index (κ2) is 5.39. The zero-order chi connectivity index (χ0) is 12.1. The van der Waals surface area contributed by atoms with Gasteiger partial charge in [-0.3, -0.25) is 0 Å². The normalized spacial score (nSPS) is 11.7. The highest BCUT2D eigenvalue weighted by molar-refractivity contribution is 5.71. The van der Waals surface area contributed by atoms with Crippen molar-refractivity contribution in [2.75, 3.05) is 25.6 Å².